The molecule has 2 aromatic carbocycles. The lowest BCUT2D eigenvalue weighted by molar-refractivity contribution is -0.143. The molecule has 0 spiro atoms. The van der Waals surface area contributed by atoms with E-state index in [0.29, 0.717) is 25.7 Å². The summed E-state index contributed by atoms with van der Waals surface area (Å²) in [4.78, 5) is 37.1. The van der Waals surface area contributed by atoms with Crippen molar-refractivity contribution in [3.8, 4) is 11.1 Å². The molecule has 3 rings (SSSR count). The van der Waals surface area contributed by atoms with Crippen LogP contribution in [0.25, 0.3) is 11.1 Å². The Hall–Kier alpha value is -3.35. The maximum absolute atomic E-state index is 12.9. The highest BCUT2D eigenvalue weighted by atomic mass is 16.5. The summed E-state index contributed by atoms with van der Waals surface area (Å²) in [5.41, 5.74) is 3.19. The molecule has 0 aromatic heterocycles. The van der Waals surface area contributed by atoms with Gasteiger partial charge in [-0.1, -0.05) is 75.2 Å². The van der Waals surface area contributed by atoms with Gasteiger partial charge in [0.15, 0.2) is 0 Å². The number of hydrogen-bond acceptors (Lipinski definition) is 4. The highest BCUT2D eigenvalue weighted by molar-refractivity contribution is 5.92. The number of ether oxygens (including phenoxy) is 1. The first-order valence-electron chi connectivity index (χ1n) is 11.5. The number of hydrogen-bond donors (Lipinski definition) is 3. The van der Waals surface area contributed by atoms with Crippen molar-refractivity contribution in [2.75, 3.05) is 6.61 Å². The second-order valence-electron chi connectivity index (χ2n) is 8.69. The van der Waals surface area contributed by atoms with Gasteiger partial charge in [0.2, 0.25) is 5.91 Å². The smallest absolute Gasteiger partial charge is 0.408 e. The Kier molecular flexibility index (Phi) is 7.74. The number of carbonyl (C=O) groups excluding carboxylic acids is 2. The lowest BCUT2D eigenvalue weighted by Gasteiger charge is -2.30. The van der Waals surface area contributed by atoms with E-state index in [2.05, 4.69) is 22.8 Å². The van der Waals surface area contributed by atoms with Crippen LogP contribution in [0.2, 0.25) is 0 Å². The van der Waals surface area contributed by atoms with Gasteiger partial charge >= 0.3 is 12.1 Å². The van der Waals surface area contributed by atoms with E-state index in [9.17, 15) is 19.5 Å². The third kappa shape index (κ3) is 5.35. The molecule has 0 bridgehead atoms. The summed E-state index contributed by atoms with van der Waals surface area (Å²) < 4.78 is 5.59. The lowest BCUT2D eigenvalue weighted by Crippen LogP contribution is -2.59. The Morgan fingerprint density at radius 3 is 2.09 bits per heavy atom. The molecule has 7 heteroatoms. The predicted octanol–water partition coefficient (Wildman–Crippen LogP) is 4.45. The Morgan fingerprint density at radius 1 is 1.00 bits per heavy atom. The highest BCUT2D eigenvalue weighted by Crippen LogP contribution is 2.44. The standard InChI is InChI=1S/C26H32N2O5/c1-4-10-22(23(29)30)27-24(31)26(3,15-5-2)28-25(32)33-16-21-19-13-8-6-11-17(19)18-12-7-9-14-20(18)21/h6-9,11-14,21-22H,4-5,10,15-16H2,1-3H3,(H,27,31)(H,28,32)(H,29,30). The number of alkyl carbamates (subject to hydrolysis) is 1. The van der Waals surface area contributed by atoms with Gasteiger partial charge in [0.25, 0.3) is 0 Å². The maximum atomic E-state index is 12.9. The quantitative estimate of drug-likeness (QED) is 0.494. The van der Waals surface area contributed by atoms with Crippen LogP contribution in [-0.4, -0.2) is 41.3 Å². The van der Waals surface area contributed by atoms with Gasteiger partial charge in [-0.15, -0.1) is 0 Å². The van der Waals surface area contributed by atoms with Crippen LogP contribution in [0.4, 0.5) is 4.79 Å². The third-order valence-corrected chi connectivity index (χ3v) is 6.15. The molecule has 2 aromatic rings. The molecule has 1 aliphatic rings. The van der Waals surface area contributed by atoms with Crippen molar-refractivity contribution < 1.29 is 24.2 Å². The molecule has 0 radical (unpaired) electrons. The second-order valence-corrected chi connectivity index (χ2v) is 8.69. The first kappa shape index (κ1) is 24.3. The molecule has 0 heterocycles. The minimum atomic E-state index is -1.28. The van der Waals surface area contributed by atoms with E-state index in [1.54, 1.807) is 6.92 Å². The molecule has 2 atom stereocenters. The number of carbonyl (C=O) groups is 3. The van der Waals surface area contributed by atoms with Crippen LogP contribution in [0.1, 0.15) is 63.5 Å². The Labute approximate surface area is 194 Å². The zero-order valence-corrected chi connectivity index (χ0v) is 19.4. The Morgan fingerprint density at radius 2 is 1.58 bits per heavy atom. The zero-order valence-electron chi connectivity index (χ0n) is 19.4. The minimum Gasteiger partial charge on any atom is -0.480 e. The van der Waals surface area contributed by atoms with Crippen molar-refractivity contribution in [3.63, 3.8) is 0 Å². The van der Waals surface area contributed by atoms with Crippen molar-refractivity contribution in [2.24, 2.45) is 0 Å². The van der Waals surface area contributed by atoms with Gasteiger partial charge in [0, 0.05) is 5.92 Å². The number of aliphatic carboxylic acids is 1. The molecule has 0 saturated carbocycles. The summed E-state index contributed by atoms with van der Waals surface area (Å²) in [6, 6.07) is 15.1. The zero-order chi connectivity index (χ0) is 24.0. The molecule has 1 aliphatic carbocycles. The first-order chi connectivity index (χ1) is 15.8. The second kappa shape index (κ2) is 10.5. The summed E-state index contributed by atoms with van der Waals surface area (Å²) in [7, 11) is 0. The van der Waals surface area contributed by atoms with Crippen molar-refractivity contribution in [3.05, 3.63) is 59.7 Å². The van der Waals surface area contributed by atoms with Crippen LogP contribution in [0.15, 0.2) is 48.5 Å². The SMILES string of the molecule is CCCC(NC(=O)C(C)(CCC)NC(=O)OCC1c2ccccc2-c2ccccc21)C(=O)O. The number of benzene rings is 2. The lowest BCUT2D eigenvalue weighted by atomic mass is 9.94. The maximum Gasteiger partial charge on any atom is 0.408 e. The van der Waals surface area contributed by atoms with E-state index in [4.69, 9.17) is 4.74 Å². The molecular weight excluding hydrogens is 420 g/mol. The number of fused-ring (bicyclic) bond motifs is 3. The van der Waals surface area contributed by atoms with Crippen molar-refractivity contribution in [1.82, 2.24) is 10.6 Å². The monoisotopic (exact) mass is 452 g/mol. The molecular formula is C26H32N2O5. The number of rotatable bonds is 10. The van der Waals surface area contributed by atoms with Crippen molar-refractivity contribution in [1.29, 1.82) is 0 Å². The third-order valence-electron chi connectivity index (χ3n) is 6.15. The number of carboxylic acid groups (broad SMARTS) is 1. The fourth-order valence-corrected chi connectivity index (χ4v) is 4.46. The van der Waals surface area contributed by atoms with E-state index >= 15 is 0 Å². The normalized spacial score (nSPS) is 15.0. The first-order valence-corrected chi connectivity index (χ1v) is 11.5. The average Bonchev–Trinajstić information content (AvgIpc) is 3.11. The number of amides is 2. The van der Waals surface area contributed by atoms with Gasteiger partial charge in [0.1, 0.15) is 18.2 Å². The fourth-order valence-electron chi connectivity index (χ4n) is 4.46. The predicted molar refractivity (Wildman–Crippen MR) is 126 cm³/mol. The van der Waals surface area contributed by atoms with Crippen LogP contribution >= 0.6 is 0 Å². The van der Waals surface area contributed by atoms with Crippen LogP contribution < -0.4 is 10.6 Å². The summed E-state index contributed by atoms with van der Waals surface area (Å²) in [6.07, 6.45) is 1.20. The highest BCUT2D eigenvalue weighted by Gasteiger charge is 2.37. The van der Waals surface area contributed by atoms with Crippen LogP contribution in [0.3, 0.4) is 0 Å². The van der Waals surface area contributed by atoms with E-state index in [1.807, 2.05) is 50.2 Å². The van der Waals surface area contributed by atoms with Gasteiger partial charge in [-0.3, -0.25) is 4.79 Å². The number of carboxylic acids is 1. The van der Waals surface area contributed by atoms with E-state index in [0.717, 1.165) is 22.3 Å². The van der Waals surface area contributed by atoms with Gasteiger partial charge in [-0.25, -0.2) is 9.59 Å². The van der Waals surface area contributed by atoms with E-state index < -0.39 is 29.6 Å². The van der Waals surface area contributed by atoms with E-state index in [1.165, 1.54) is 0 Å². The summed E-state index contributed by atoms with van der Waals surface area (Å²) >= 11 is 0. The van der Waals surface area contributed by atoms with Gasteiger partial charge in [-0.05, 0) is 42.0 Å². The van der Waals surface area contributed by atoms with E-state index in [-0.39, 0.29) is 12.5 Å². The molecule has 176 valence electrons. The average molecular weight is 453 g/mol. The van der Waals surface area contributed by atoms with Gasteiger partial charge in [-0.2, -0.15) is 0 Å². The summed E-state index contributed by atoms with van der Waals surface area (Å²) in [6.45, 7) is 5.48. The Bertz CT molecular complexity index is 976. The molecule has 2 unspecified atom stereocenters. The number of nitrogens with one attached hydrogen (secondary N) is 2. The Balaban J connectivity index is 1.69. The molecule has 33 heavy (non-hydrogen) atoms. The van der Waals surface area contributed by atoms with Crippen molar-refractivity contribution in [2.45, 2.75) is 64.0 Å². The molecule has 0 fully saturated rings. The summed E-state index contributed by atoms with van der Waals surface area (Å²) in [5, 5.41) is 14.6. The van der Waals surface area contributed by atoms with Gasteiger partial charge < -0.3 is 20.5 Å². The van der Waals surface area contributed by atoms with Crippen LogP contribution in [0.5, 0.6) is 0 Å². The fraction of sp³-hybridized carbons (Fsp3) is 0.423. The minimum absolute atomic E-state index is 0.0876. The topological polar surface area (TPSA) is 105 Å². The molecule has 0 saturated heterocycles. The largest absolute Gasteiger partial charge is 0.480 e. The van der Waals surface area contributed by atoms with Gasteiger partial charge in [0.05, 0.1) is 0 Å². The molecule has 3 N–H and O–H groups in total. The van der Waals surface area contributed by atoms with Crippen molar-refractivity contribution >= 4 is 18.0 Å². The molecule has 2 amide bonds. The molecule has 7 nitrogen and oxygen atoms in total. The summed E-state index contributed by atoms with van der Waals surface area (Å²) in [5.74, 6) is -1.71. The molecule has 0 aliphatic heterocycles. The van der Waals surface area contributed by atoms with Crippen LogP contribution in [-0.2, 0) is 14.3 Å². The van der Waals surface area contributed by atoms with Crippen LogP contribution in [0, 0.1) is 0 Å².